The highest BCUT2D eigenvalue weighted by Gasteiger charge is 2.47. The summed E-state index contributed by atoms with van der Waals surface area (Å²) >= 11 is 0. The number of aryl methyl sites for hydroxylation is 1. The molecule has 0 atom stereocenters. The SMILES string of the molecule is CCn1c(-c2ccccc2C(N)=O)nc2cc(S(=O)(=O)C(F)(F)F)ccc21. The number of imidazole rings is 1. The number of benzene rings is 2. The van der Waals surface area contributed by atoms with Crippen molar-refractivity contribution in [2.24, 2.45) is 5.73 Å². The van der Waals surface area contributed by atoms with Gasteiger partial charge in [-0.2, -0.15) is 13.2 Å². The van der Waals surface area contributed by atoms with E-state index >= 15 is 0 Å². The number of sulfone groups is 1. The van der Waals surface area contributed by atoms with Crippen molar-refractivity contribution < 1.29 is 26.4 Å². The molecule has 2 N–H and O–H groups in total. The first kappa shape index (κ1) is 18.9. The fourth-order valence-electron chi connectivity index (χ4n) is 2.83. The second-order valence-corrected chi connectivity index (χ2v) is 7.63. The van der Waals surface area contributed by atoms with Gasteiger partial charge in [0.05, 0.1) is 21.5 Å². The van der Waals surface area contributed by atoms with E-state index in [4.69, 9.17) is 5.73 Å². The highest BCUT2D eigenvalue weighted by Crippen LogP contribution is 2.33. The highest BCUT2D eigenvalue weighted by atomic mass is 32.2. The number of halogens is 3. The lowest BCUT2D eigenvalue weighted by Crippen LogP contribution is -2.23. The largest absolute Gasteiger partial charge is 0.501 e. The predicted octanol–water partition coefficient (Wildman–Crippen LogP) is 3.12. The lowest BCUT2D eigenvalue weighted by molar-refractivity contribution is -0.0435. The summed E-state index contributed by atoms with van der Waals surface area (Å²) in [5.41, 5.74) is 1.09. The minimum absolute atomic E-state index is 0.0662. The van der Waals surface area contributed by atoms with Crippen molar-refractivity contribution in [1.29, 1.82) is 0 Å². The molecule has 3 rings (SSSR count). The van der Waals surface area contributed by atoms with E-state index in [0.29, 0.717) is 23.4 Å². The number of hydrogen-bond acceptors (Lipinski definition) is 4. The van der Waals surface area contributed by atoms with Crippen LogP contribution < -0.4 is 5.73 Å². The number of alkyl halides is 3. The van der Waals surface area contributed by atoms with Crippen LogP contribution in [0.2, 0.25) is 0 Å². The Labute approximate surface area is 152 Å². The number of fused-ring (bicyclic) bond motifs is 1. The maximum Gasteiger partial charge on any atom is 0.501 e. The van der Waals surface area contributed by atoms with Crippen LogP contribution in [0.4, 0.5) is 13.2 Å². The summed E-state index contributed by atoms with van der Waals surface area (Å²) in [6, 6.07) is 9.44. The minimum Gasteiger partial charge on any atom is -0.366 e. The predicted molar refractivity (Wildman–Crippen MR) is 92.6 cm³/mol. The van der Waals surface area contributed by atoms with Gasteiger partial charge in [-0.05, 0) is 31.2 Å². The quantitative estimate of drug-likeness (QED) is 0.732. The molecule has 10 heteroatoms. The van der Waals surface area contributed by atoms with E-state index in [1.165, 1.54) is 12.1 Å². The van der Waals surface area contributed by atoms with Gasteiger partial charge in [0.15, 0.2) is 0 Å². The van der Waals surface area contributed by atoms with Crippen LogP contribution in [-0.4, -0.2) is 29.4 Å². The fraction of sp³-hybridized carbons (Fsp3) is 0.176. The average molecular weight is 397 g/mol. The van der Waals surface area contributed by atoms with E-state index in [9.17, 15) is 26.4 Å². The van der Waals surface area contributed by atoms with Crippen LogP contribution in [0.15, 0.2) is 47.4 Å². The Morgan fingerprint density at radius 1 is 1.19 bits per heavy atom. The number of rotatable bonds is 4. The number of nitrogens with zero attached hydrogens (tertiary/aromatic N) is 2. The molecule has 27 heavy (non-hydrogen) atoms. The van der Waals surface area contributed by atoms with E-state index in [1.54, 1.807) is 29.7 Å². The van der Waals surface area contributed by atoms with Crippen molar-refractivity contribution in [3.63, 3.8) is 0 Å². The lowest BCUT2D eigenvalue weighted by atomic mass is 10.1. The molecule has 6 nitrogen and oxygen atoms in total. The molecule has 0 unspecified atom stereocenters. The van der Waals surface area contributed by atoms with Gasteiger partial charge < -0.3 is 10.3 Å². The Kier molecular flexibility index (Phi) is 4.46. The zero-order chi connectivity index (χ0) is 20.0. The molecule has 1 heterocycles. The van der Waals surface area contributed by atoms with Crippen LogP contribution in [0.1, 0.15) is 17.3 Å². The number of carbonyl (C=O) groups excluding carboxylic acids is 1. The zero-order valence-corrected chi connectivity index (χ0v) is 14.8. The maximum atomic E-state index is 12.8. The van der Waals surface area contributed by atoms with E-state index in [0.717, 1.165) is 12.1 Å². The summed E-state index contributed by atoms with van der Waals surface area (Å²) in [6.07, 6.45) is 0. The number of amides is 1. The average Bonchev–Trinajstić information content (AvgIpc) is 2.98. The highest BCUT2D eigenvalue weighted by molar-refractivity contribution is 7.92. The van der Waals surface area contributed by atoms with Gasteiger partial charge in [-0.25, -0.2) is 13.4 Å². The molecule has 1 aromatic heterocycles. The van der Waals surface area contributed by atoms with Gasteiger partial charge in [-0.1, -0.05) is 18.2 Å². The van der Waals surface area contributed by atoms with Gasteiger partial charge in [-0.3, -0.25) is 4.79 Å². The monoisotopic (exact) mass is 397 g/mol. The summed E-state index contributed by atoms with van der Waals surface area (Å²) in [6.45, 7) is 2.18. The standard InChI is InChI=1S/C17H14F3N3O3S/c1-2-23-14-8-7-10(27(25,26)17(18,19)20)9-13(14)22-16(23)12-6-4-3-5-11(12)15(21)24/h3-9H,2H2,1H3,(H2,21,24). The maximum absolute atomic E-state index is 12.8. The molecule has 0 aliphatic heterocycles. The number of primary amides is 1. The van der Waals surface area contributed by atoms with Crippen molar-refractivity contribution in [3.8, 4) is 11.4 Å². The molecule has 0 spiro atoms. The van der Waals surface area contributed by atoms with E-state index < -0.39 is 26.1 Å². The van der Waals surface area contributed by atoms with Gasteiger partial charge in [-0.15, -0.1) is 0 Å². The second-order valence-electron chi connectivity index (χ2n) is 5.69. The van der Waals surface area contributed by atoms with Gasteiger partial charge in [0, 0.05) is 12.1 Å². The molecule has 0 saturated heterocycles. The molecule has 0 aliphatic rings. The van der Waals surface area contributed by atoms with E-state index in [2.05, 4.69) is 4.98 Å². The van der Waals surface area contributed by atoms with Gasteiger partial charge in [0.2, 0.25) is 5.91 Å². The second kappa shape index (κ2) is 6.38. The third-order valence-electron chi connectivity index (χ3n) is 4.08. The Hall–Kier alpha value is -2.88. The van der Waals surface area contributed by atoms with Gasteiger partial charge >= 0.3 is 5.51 Å². The van der Waals surface area contributed by atoms with Crippen LogP contribution in [0.25, 0.3) is 22.4 Å². The topological polar surface area (TPSA) is 95.0 Å². The summed E-state index contributed by atoms with van der Waals surface area (Å²) in [4.78, 5) is 15.1. The molecule has 0 saturated carbocycles. The normalized spacial score (nSPS) is 12.4. The third kappa shape index (κ3) is 3.05. The van der Waals surface area contributed by atoms with Crippen LogP contribution in [0.3, 0.4) is 0 Å². The number of aromatic nitrogens is 2. The van der Waals surface area contributed by atoms with Crippen molar-refractivity contribution in [2.75, 3.05) is 0 Å². The first-order valence-electron chi connectivity index (χ1n) is 7.78. The molecule has 142 valence electrons. The molecule has 2 aromatic carbocycles. The fourth-order valence-corrected chi connectivity index (χ4v) is 3.61. The summed E-state index contributed by atoms with van der Waals surface area (Å²) < 4.78 is 63.4. The van der Waals surface area contributed by atoms with Crippen molar-refractivity contribution >= 4 is 26.8 Å². The van der Waals surface area contributed by atoms with Crippen molar-refractivity contribution in [2.45, 2.75) is 23.9 Å². The Morgan fingerprint density at radius 2 is 1.85 bits per heavy atom. The number of hydrogen-bond donors (Lipinski definition) is 1. The molecule has 0 fully saturated rings. The zero-order valence-electron chi connectivity index (χ0n) is 14.0. The van der Waals surface area contributed by atoms with E-state index in [-0.39, 0.29) is 11.1 Å². The number of carbonyl (C=O) groups is 1. The third-order valence-corrected chi connectivity index (χ3v) is 5.57. The molecule has 0 aliphatic carbocycles. The first-order valence-corrected chi connectivity index (χ1v) is 9.27. The number of nitrogens with two attached hydrogens (primary N) is 1. The summed E-state index contributed by atoms with van der Waals surface area (Å²) in [5.74, 6) is -0.371. The van der Waals surface area contributed by atoms with Crippen molar-refractivity contribution in [1.82, 2.24) is 9.55 Å². The molecule has 3 aromatic rings. The van der Waals surface area contributed by atoms with Crippen LogP contribution in [0, 0.1) is 0 Å². The Balaban J connectivity index is 2.28. The summed E-state index contributed by atoms with van der Waals surface area (Å²) in [7, 11) is -5.49. The summed E-state index contributed by atoms with van der Waals surface area (Å²) in [5, 5.41) is 0. The first-order chi connectivity index (χ1) is 12.6. The smallest absolute Gasteiger partial charge is 0.366 e. The Morgan fingerprint density at radius 3 is 2.44 bits per heavy atom. The molecule has 0 bridgehead atoms. The van der Waals surface area contributed by atoms with Gasteiger partial charge in [0.25, 0.3) is 9.84 Å². The van der Waals surface area contributed by atoms with Gasteiger partial charge in [0.1, 0.15) is 5.82 Å². The molecular formula is C17H14F3N3O3S. The van der Waals surface area contributed by atoms with Crippen LogP contribution >= 0.6 is 0 Å². The van der Waals surface area contributed by atoms with Crippen LogP contribution in [0.5, 0.6) is 0 Å². The van der Waals surface area contributed by atoms with Crippen LogP contribution in [-0.2, 0) is 16.4 Å². The Bertz CT molecular complexity index is 1150. The van der Waals surface area contributed by atoms with E-state index in [1.807, 2.05) is 0 Å². The molecule has 1 amide bonds. The minimum atomic E-state index is -5.49. The lowest BCUT2D eigenvalue weighted by Gasteiger charge is -2.09. The molecular weight excluding hydrogens is 383 g/mol. The van der Waals surface area contributed by atoms with Crippen molar-refractivity contribution in [3.05, 3.63) is 48.0 Å². The molecule has 0 radical (unpaired) electrons.